The quantitative estimate of drug-likeness (QED) is 0.327. The Bertz CT molecular complexity index is 1320. The van der Waals surface area contributed by atoms with Crippen molar-refractivity contribution in [1.82, 2.24) is 0 Å². The summed E-state index contributed by atoms with van der Waals surface area (Å²) in [7, 11) is 2.68. The van der Waals surface area contributed by atoms with Crippen molar-refractivity contribution in [3.63, 3.8) is 0 Å². The summed E-state index contributed by atoms with van der Waals surface area (Å²) >= 11 is 0. The van der Waals surface area contributed by atoms with Crippen molar-refractivity contribution in [3.8, 4) is 17.2 Å². The Balaban J connectivity index is 1.62. The van der Waals surface area contributed by atoms with Gasteiger partial charge in [-0.1, -0.05) is 0 Å². The summed E-state index contributed by atoms with van der Waals surface area (Å²) in [6.45, 7) is 3.13. The number of ether oxygens (including phenoxy) is 4. The number of phenols is 2. The highest BCUT2D eigenvalue weighted by Gasteiger charge is 2.48. The minimum absolute atomic E-state index is 0.0170. The van der Waals surface area contributed by atoms with Gasteiger partial charge in [0.25, 0.3) is 0 Å². The van der Waals surface area contributed by atoms with Crippen molar-refractivity contribution >= 4 is 11.6 Å². The number of carbonyl (C=O) groups excluding carboxylic acids is 2. The van der Waals surface area contributed by atoms with E-state index in [2.05, 4.69) is 0 Å². The van der Waals surface area contributed by atoms with Crippen LogP contribution in [0.2, 0.25) is 0 Å². The smallest absolute Gasteiger partial charge is 0.201 e. The first kappa shape index (κ1) is 26.5. The van der Waals surface area contributed by atoms with Gasteiger partial charge in [0, 0.05) is 42.7 Å². The van der Waals surface area contributed by atoms with Gasteiger partial charge in [-0.25, -0.2) is 0 Å². The number of fused-ring (bicyclic) bond motifs is 3. The second-order valence-corrected chi connectivity index (χ2v) is 10.3. The minimum Gasteiger partial charge on any atom is -0.507 e. The fourth-order valence-electron chi connectivity index (χ4n) is 5.68. The molecule has 0 amide bonds. The predicted molar refractivity (Wildman–Crippen MR) is 130 cm³/mol. The molecule has 0 radical (unpaired) electrons. The van der Waals surface area contributed by atoms with Gasteiger partial charge in [-0.15, -0.1) is 0 Å². The number of carbonyl (C=O) groups is 2. The number of aliphatic hydroxyl groups excluding tert-OH is 2. The van der Waals surface area contributed by atoms with E-state index in [0.717, 1.165) is 0 Å². The second kappa shape index (κ2) is 9.30. The Morgan fingerprint density at radius 1 is 1.00 bits per heavy atom. The van der Waals surface area contributed by atoms with Crippen LogP contribution in [0, 0.1) is 0 Å². The summed E-state index contributed by atoms with van der Waals surface area (Å²) in [6.07, 6.45) is -6.64. The molecule has 2 aromatic rings. The number of ketones is 2. The van der Waals surface area contributed by atoms with Gasteiger partial charge in [0.1, 0.15) is 35.6 Å². The number of aromatic hydroxyl groups is 2. The maximum absolute atomic E-state index is 13.5. The molecule has 2 aliphatic carbocycles. The Morgan fingerprint density at radius 3 is 2.34 bits per heavy atom. The highest BCUT2D eigenvalue weighted by molar-refractivity contribution is 6.30. The average molecular weight is 531 g/mol. The minimum atomic E-state index is -1.33. The van der Waals surface area contributed by atoms with Crippen LogP contribution in [-0.2, 0) is 20.6 Å². The van der Waals surface area contributed by atoms with E-state index in [1.165, 1.54) is 32.4 Å². The highest BCUT2D eigenvalue weighted by Crippen LogP contribution is 2.48. The molecule has 1 saturated heterocycles. The van der Waals surface area contributed by atoms with E-state index in [9.17, 15) is 35.1 Å². The van der Waals surface area contributed by atoms with Crippen LogP contribution in [0.15, 0.2) is 18.2 Å². The molecule has 11 nitrogen and oxygen atoms in total. The SMILES string of the molecule is COc1cc(O)c2c(c1)C(=O)c1cc3c(c(O)c1C2=O)[C@H](O[C@@H]1O[C@H](C)[C@@H](O)[C@H](O)[C@@H]1OC)C[C@](C)(O)C3. The van der Waals surface area contributed by atoms with Gasteiger partial charge in [0.15, 0.2) is 12.1 Å². The number of rotatable bonds is 4. The van der Waals surface area contributed by atoms with Crippen LogP contribution < -0.4 is 4.74 Å². The van der Waals surface area contributed by atoms with Crippen LogP contribution in [0.3, 0.4) is 0 Å². The van der Waals surface area contributed by atoms with E-state index in [0.29, 0.717) is 5.56 Å². The van der Waals surface area contributed by atoms with E-state index in [-0.39, 0.29) is 46.4 Å². The van der Waals surface area contributed by atoms with Gasteiger partial charge in [-0.2, -0.15) is 0 Å². The largest absolute Gasteiger partial charge is 0.507 e. The number of hydrogen-bond donors (Lipinski definition) is 5. The van der Waals surface area contributed by atoms with E-state index in [1.54, 1.807) is 13.8 Å². The van der Waals surface area contributed by atoms with Gasteiger partial charge in [-0.05, 0) is 31.5 Å². The predicted octanol–water partition coefficient (Wildman–Crippen LogP) is 1.12. The van der Waals surface area contributed by atoms with Gasteiger partial charge >= 0.3 is 0 Å². The second-order valence-electron chi connectivity index (χ2n) is 10.3. The standard InChI is InChI=1S/C27H30O11/c1-10-20(29)24(33)25(36-4)26(37-10)38-16-9-27(2,34)8-11-5-13-19(22(31)17(11)16)23(32)18-14(21(13)30)6-12(35-3)7-15(18)28/h5-7,10,16,20,24-26,28-29,31,33-34H,8-9H2,1-4H3/t10-,16-,20-,24+,25+,26+,27-/m1/s1. The van der Waals surface area contributed by atoms with Crippen molar-refractivity contribution in [2.75, 3.05) is 14.2 Å². The molecule has 0 spiro atoms. The Labute approximate surface area is 218 Å². The number of hydrogen-bond acceptors (Lipinski definition) is 11. The Morgan fingerprint density at radius 2 is 1.68 bits per heavy atom. The molecule has 1 fully saturated rings. The molecule has 0 unspecified atom stereocenters. The van der Waals surface area contributed by atoms with Crippen molar-refractivity contribution in [2.24, 2.45) is 0 Å². The van der Waals surface area contributed by atoms with Crippen molar-refractivity contribution in [1.29, 1.82) is 0 Å². The summed E-state index contributed by atoms with van der Waals surface area (Å²) in [4.78, 5) is 27.0. The van der Waals surface area contributed by atoms with Crippen molar-refractivity contribution in [2.45, 2.75) is 69.1 Å². The molecule has 5 N–H and O–H groups in total. The van der Waals surface area contributed by atoms with Gasteiger partial charge in [-0.3, -0.25) is 9.59 Å². The first-order valence-corrected chi connectivity index (χ1v) is 12.2. The molecule has 204 valence electrons. The number of phenolic OH excluding ortho intramolecular Hbond substituents is 2. The maximum atomic E-state index is 13.5. The van der Waals surface area contributed by atoms with E-state index in [4.69, 9.17) is 18.9 Å². The molecule has 2 aromatic carbocycles. The van der Waals surface area contributed by atoms with Crippen molar-refractivity contribution < 1.29 is 54.1 Å². The molecule has 0 aromatic heterocycles. The third kappa shape index (κ3) is 4.06. The molecular weight excluding hydrogens is 500 g/mol. The zero-order chi connectivity index (χ0) is 27.7. The molecule has 7 atom stereocenters. The van der Waals surface area contributed by atoms with E-state index < -0.39 is 65.5 Å². The fraction of sp³-hybridized carbons (Fsp3) is 0.481. The van der Waals surface area contributed by atoms with Crippen LogP contribution in [0.5, 0.6) is 17.2 Å². The number of benzene rings is 2. The lowest BCUT2D eigenvalue weighted by atomic mass is 9.74. The fourth-order valence-corrected chi connectivity index (χ4v) is 5.68. The lowest BCUT2D eigenvalue weighted by Crippen LogP contribution is -2.58. The third-order valence-electron chi connectivity index (χ3n) is 7.57. The summed E-state index contributed by atoms with van der Waals surface area (Å²) < 4.78 is 22.3. The van der Waals surface area contributed by atoms with Gasteiger partial charge in [0.2, 0.25) is 5.78 Å². The summed E-state index contributed by atoms with van der Waals surface area (Å²) in [5.74, 6) is -2.12. The van der Waals surface area contributed by atoms with Crippen molar-refractivity contribution in [3.05, 3.63) is 51.6 Å². The van der Waals surface area contributed by atoms with Crippen LogP contribution >= 0.6 is 0 Å². The van der Waals surface area contributed by atoms with Gasteiger partial charge < -0.3 is 44.5 Å². The Hall–Kier alpha value is -3.06. The summed E-state index contributed by atoms with van der Waals surface area (Å²) in [5, 5.41) is 53.7. The summed E-state index contributed by atoms with van der Waals surface area (Å²) in [6, 6.07) is 4.01. The Kier molecular flexibility index (Phi) is 6.49. The molecule has 3 aliphatic rings. The number of methoxy groups -OCH3 is 2. The van der Waals surface area contributed by atoms with Gasteiger partial charge in [0.05, 0.1) is 36.0 Å². The highest BCUT2D eigenvalue weighted by atomic mass is 16.7. The van der Waals surface area contributed by atoms with Crippen LogP contribution in [0.1, 0.15) is 69.3 Å². The van der Waals surface area contributed by atoms with E-state index >= 15 is 0 Å². The van der Waals surface area contributed by atoms with Crippen LogP contribution in [0.25, 0.3) is 0 Å². The molecule has 1 aliphatic heterocycles. The molecule has 11 heteroatoms. The molecule has 5 rings (SSSR count). The normalized spacial score (nSPS) is 32.4. The molecule has 1 heterocycles. The summed E-state index contributed by atoms with van der Waals surface area (Å²) in [5.41, 5.74) is -1.42. The van der Waals surface area contributed by atoms with Crippen LogP contribution in [0.4, 0.5) is 0 Å². The topological polar surface area (TPSA) is 172 Å². The molecule has 0 bridgehead atoms. The lowest BCUT2D eigenvalue weighted by Gasteiger charge is -2.44. The zero-order valence-corrected chi connectivity index (χ0v) is 21.3. The zero-order valence-electron chi connectivity index (χ0n) is 21.3. The lowest BCUT2D eigenvalue weighted by molar-refractivity contribution is -0.313. The maximum Gasteiger partial charge on any atom is 0.201 e. The first-order valence-electron chi connectivity index (χ1n) is 12.2. The average Bonchev–Trinajstić information content (AvgIpc) is 2.84. The van der Waals surface area contributed by atoms with Crippen LogP contribution in [-0.4, -0.2) is 87.6 Å². The first-order chi connectivity index (χ1) is 17.9. The number of aliphatic hydroxyl groups is 3. The molecular formula is C27H30O11. The van der Waals surface area contributed by atoms with E-state index in [1.807, 2.05) is 0 Å². The monoisotopic (exact) mass is 530 g/mol. The molecule has 0 saturated carbocycles. The molecule has 38 heavy (non-hydrogen) atoms. The third-order valence-corrected chi connectivity index (χ3v) is 7.57.